The van der Waals surface area contributed by atoms with Gasteiger partial charge in [0.2, 0.25) is 0 Å². The third-order valence-electron chi connectivity index (χ3n) is 6.72. The zero-order valence-corrected chi connectivity index (χ0v) is 22.1. The van der Waals surface area contributed by atoms with Crippen molar-refractivity contribution in [1.82, 2.24) is 10.3 Å². The van der Waals surface area contributed by atoms with E-state index in [1.165, 1.54) is 5.69 Å². The lowest BCUT2D eigenvalue weighted by Crippen LogP contribution is -2.36. The topological polar surface area (TPSA) is 53.8 Å². The Bertz CT molecular complexity index is 1410. The fraction of sp³-hybridized carbons (Fsp3) is 0.214. The lowest BCUT2D eigenvalue weighted by molar-refractivity contribution is 0.122. The van der Waals surface area contributed by atoms with E-state index in [0.29, 0.717) is 20.9 Å². The number of pyridine rings is 1. The van der Waals surface area contributed by atoms with Crippen LogP contribution in [0.2, 0.25) is 10.0 Å². The molecule has 0 aliphatic carbocycles. The van der Waals surface area contributed by atoms with Crippen LogP contribution in [-0.2, 0) is 4.74 Å². The number of rotatable bonds is 5. The fourth-order valence-corrected chi connectivity index (χ4v) is 5.53. The summed E-state index contributed by atoms with van der Waals surface area (Å²) in [7, 11) is 0. The Labute approximate surface area is 230 Å². The van der Waals surface area contributed by atoms with E-state index in [9.17, 15) is 0 Å². The summed E-state index contributed by atoms with van der Waals surface area (Å²) in [4.78, 5) is 9.06. The maximum Gasteiger partial charge on any atom is 0.174 e. The average Bonchev–Trinajstić information content (AvgIpc) is 3.56. The number of ether oxygens (including phenoxy) is 1. The average molecular weight is 551 g/mol. The van der Waals surface area contributed by atoms with Gasteiger partial charge in [-0.2, -0.15) is 0 Å². The van der Waals surface area contributed by atoms with Crippen LogP contribution in [0.4, 0.5) is 11.4 Å². The summed E-state index contributed by atoms with van der Waals surface area (Å²) in [6.45, 7) is 3.26. The summed E-state index contributed by atoms with van der Waals surface area (Å²) < 4.78 is 11.9. The van der Waals surface area contributed by atoms with Crippen molar-refractivity contribution in [2.24, 2.45) is 0 Å². The van der Waals surface area contributed by atoms with Crippen molar-refractivity contribution in [2.75, 3.05) is 36.1 Å². The van der Waals surface area contributed by atoms with E-state index in [-0.39, 0.29) is 12.1 Å². The van der Waals surface area contributed by atoms with Gasteiger partial charge >= 0.3 is 0 Å². The van der Waals surface area contributed by atoms with Gasteiger partial charge in [0.25, 0.3) is 0 Å². The van der Waals surface area contributed by atoms with Crippen LogP contribution in [0.3, 0.4) is 0 Å². The van der Waals surface area contributed by atoms with Crippen LogP contribution in [0.25, 0.3) is 11.3 Å². The van der Waals surface area contributed by atoms with Crippen LogP contribution in [0.5, 0.6) is 0 Å². The van der Waals surface area contributed by atoms with Gasteiger partial charge in [-0.15, -0.1) is 0 Å². The molecule has 37 heavy (non-hydrogen) atoms. The van der Waals surface area contributed by atoms with Crippen LogP contribution < -0.4 is 15.1 Å². The van der Waals surface area contributed by atoms with Crippen LogP contribution >= 0.6 is 35.4 Å². The Morgan fingerprint density at radius 1 is 0.892 bits per heavy atom. The number of aromatic nitrogens is 1. The molecule has 2 aliphatic heterocycles. The number of morpholine rings is 1. The van der Waals surface area contributed by atoms with Crippen molar-refractivity contribution in [2.45, 2.75) is 12.1 Å². The summed E-state index contributed by atoms with van der Waals surface area (Å²) in [5, 5.41) is 5.08. The molecule has 2 aromatic carbocycles. The molecule has 2 fully saturated rings. The van der Waals surface area contributed by atoms with E-state index >= 15 is 0 Å². The molecule has 1 N–H and O–H groups in total. The quantitative estimate of drug-likeness (QED) is 0.279. The first kappa shape index (κ1) is 24.2. The molecule has 2 aliphatic rings. The lowest BCUT2D eigenvalue weighted by atomic mass is 10.0. The standard InChI is InChI=1S/C28H24Cl2N4O2S/c29-21-9-4-18(17-22(21)30)24-10-11-25(36-24)27-26(23-3-1-2-12-31-23)32-28(37)34(27)20-7-5-19(6-8-20)33-13-15-35-16-14-33/h1-12,17,26-27H,13-16H2,(H,32,37)/t26-,27-/m1/s1. The Balaban J connectivity index is 1.37. The molecule has 0 unspecified atom stereocenters. The number of hydrogen-bond donors (Lipinski definition) is 1. The molecule has 6 rings (SSSR count). The molecule has 0 spiro atoms. The summed E-state index contributed by atoms with van der Waals surface area (Å²) in [5.74, 6) is 1.47. The molecular formula is C28H24Cl2N4O2S. The van der Waals surface area contributed by atoms with Crippen molar-refractivity contribution in [3.8, 4) is 11.3 Å². The van der Waals surface area contributed by atoms with Crippen LogP contribution in [0.15, 0.2) is 83.4 Å². The number of halogens is 2. The monoisotopic (exact) mass is 550 g/mol. The Morgan fingerprint density at radius 3 is 2.41 bits per heavy atom. The second kappa shape index (κ2) is 10.3. The van der Waals surface area contributed by atoms with Gasteiger partial charge in [-0.05, 0) is 78.9 Å². The predicted molar refractivity (Wildman–Crippen MR) is 152 cm³/mol. The highest BCUT2D eigenvalue weighted by atomic mass is 35.5. The van der Waals surface area contributed by atoms with E-state index in [0.717, 1.165) is 49.0 Å². The van der Waals surface area contributed by atoms with Gasteiger partial charge in [-0.1, -0.05) is 29.3 Å². The number of hydrogen-bond acceptors (Lipinski definition) is 5. The maximum atomic E-state index is 6.43. The SMILES string of the molecule is S=C1N[C@H](c2ccccn2)[C@@H](c2ccc(-c3ccc(Cl)c(Cl)c3)o2)N1c1ccc(N2CCOCC2)cc1. The third-order valence-corrected chi connectivity index (χ3v) is 7.78. The minimum atomic E-state index is -0.242. The number of nitrogens with zero attached hydrogens (tertiary/aromatic N) is 3. The highest BCUT2D eigenvalue weighted by Gasteiger charge is 2.42. The molecule has 4 aromatic rings. The van der Waals surface area contributed by atoms with Crippen molar-refractivity contribution >= 4 is 51.9 Å². The normalized spacial score (nSPS) is 19.8. The second-order valence-electron chi connectivity index (χ2n) is 8.94. The number of anilines is 2. The van der Waals surface area contributed by atoms with Gasteiger partial charge in [0.05, 0.1) is 35.0 Å². The van der Waals surface area contributed by atoms with Crippen LogP contribution in [-0.4, -0.2) is 36.4 Å². The third kappa shape index (κ3) is 4.80. The molecule has 2 saturated heterocycles. The van der Waals surface area contributed by atoms with Gasteiger partial charge in [0.1, 0.15) is 17.6 Å². The van der Waals surface area contributed by atoms with E-state index in [1.807, 2.05) is 42.5 Å². The minimum Gasteiger partial charge on any atom is -0.459 e. The summed E-state index contributed by atoms with van der Waals surface area (Å²) in [6.07, 6.45) is 1.79. The smallest absolute Gasteiger partial charge is 0.174 e. The predicted octanol–water partition coefficient (Wildman–Crippen LogP) is 6.66. The molecule has 0 saturated carbocycles. The largest absolute Gasteiger partial charge is 0.459 e. The Hall–Kier alpha value is -3.10. The van der Waals surface area contributed by atoms with Crippen LogP contribution in [0.1, 0.15) is 23.5 Å². The Kier molecular flexibility index (Phi) is 6.78. The maximum absolute atomic E-state index is 6.43. The van der Waals surface area contributed by atoms with Gasteiger partial charge in [-0.3, -0.25) is 4.98 Å². The molecule has 9 heteroatoms. The first-order valence-electron chi connectivity index (χ1n) is 12.1. The van der Waals surface area contributed by atoms with Crippen molar-refractivity contribution in [3.05, 3.63) is 100 Å². The molecule has 2 aromatic heterocycles. The first-order valence-corrected chi connectivity index (χ1v) is 13.2. The molecule has 0 amide bonds. The highest BCUT2D eigenvalue weighted by Crippen LogP contribution is 2.43. The molecule has 6 nitrogen and oxygen atoms in total. The molecule has 2 atom stereocenters. The van der Waals surface area contributed by atoms with Gasteiger partial charge in [0.15, 0.2) is 5.11 Å². The molecule has 188 valence electrons. The minimum absolute atomic E-state index is 0.194. The lowest BCUT2D eigenvalue weighted by Gasteiger charge is -2.30. The zero-order chi connectivity index (χ0) is 25.4. The zero-order valence-electron chi connectivity index (χ0n) is 19.8. The van der Waals surface area contributed by atoms with Gasteiger partial charge in [0, 0.05) is 36.2 Å². The molecule has 4 heterocycles. The van der Waals surface area contributed by atoms with Crippen molar-refractivity contribution < 1.29 is 9.15 Å². The summed E-state index contributed by atoms with van der Waals surface area (Å²) >= 11 is 18.2. The van der Waals surface area contributed by atoms with E-state index in [4.69, 9.17) is 44.6 Å². The van der Waals surface area contributed by atoms with Crippen LogP contribution in [0, 0.1) is 0 Å². The van der Waals surface area contributed by atoms with Gasteiger partial charge in [-0.25, -0.2) is 0 Å². The number of benzene rings is 2. The summed E-state index contributed by atoms with van der Waals surface area (Å²) in [6, 6.07) is 23.3. The summed E-state index contributed by atoms with van der Waals surface area (Å²) in [5.41, 5.74) is 3.88. The number of nitrogens with one attached hydrogen (secondary N) is 1. The number of furan rings is 1. The Morgan fingerprint density at radius 2 is 1.68 bits per heavy atom. The van der Waals surface area contributed by atoms with Crippen molar-refractivity contribution in [1.29, 1.82) is 0 Å². The highest BCUT2D eigenvalue weighted by molar-refractivity contribution is 7.80. The second-order valence-corrected chi connectivity index (χ2v) is 10.1. The number of thiocarbonyl (C=S) groups is 1. The fourth-order valence-electron chi connectivity index (χ4n) is 4.88. The van der Waals surface area contributed by atoms with E-state index < -0.39 is 0 Å². The molecule has 0 bridgehead atoms. The van der Waals surface area contributed by atoms with Gasteiger partial charge < -0.3 is 24.3 Å². The molecular weight excluding hydrogens is 527 g/mol. The first-order chi connectivity index (χ1) is 18.1. The van der Waals surface area contributed by atoms with Crippen molar-refractivity contribution in [3.63, 3.8) is 0 Å². The van der Waals surface area contributed by atoms with E-state index in [2.05, 4.69) is 44.4 Å². The van der Waals surface area contributed by atoms with E-state index in [1.54, 1.807) is 12.3 Å². The molecule has 0 radical (unpaired) electrons.